The number of nitrogens with one attached hydrogen (secondary N) is 2. The van der Waals surface area contributed by atoms with Crippen molar-refractivity contribution in [1.82, 2.24) is 4.98 Å². The number of anilines is 2. The number of carbonyl (C=O) groups excluding carboxylic acids is 1. The molecule has 0 atom stereocenters. The normalized spacial score (nSPS) is 10.3. The lowest BCUT2D eigenvalue weighted by Gasteiger charge is -2.08. The molecule has 0 aliphatic rings. The molecule has 0 aliphatic carbocycles. The maximum Gasteiger partial charge on any atom is 0.257 e. The van der Waals surface area contributed by atoms with Crippen LogP contribution in [0.5, 0.6) is 0 Å². The third-order valence-electron chi connectivity index (χ3n) is 3.21. The second-order valence-corrected chi connectivity index (χ2v) is 5.97. The van der Waals surface area contributed by atoms with Gasteiger partial charge in [0.1, 0.15) is 0 Å². The largest absolute Gasteiger partial charge is 0.384 e. The number of pyridine rings is 1. The fourth-order valence-corrected chi connectivity index (χ4v) is 2.27. The zero-order valence-corrected chi connectivity index (χ0v) is 14.2. The Morgan fingerprint density at radius 2 is 1.91 bits per heavy atom. The molecule has 0 fully saturated rings. The standard InChI is InChI=1S/C17H20BrN3O/c1-2-3-4-9-20-16-10-13(11-19-12-16)17(22)21-15-7-5-14(18)6-8-15/h5-8,10-12,20H,2-4,9H2,1H3,(H,21,22). The molecule has 1 heterocycles. The van der Waals surface area contributed by atoms with E-state index in [-0.39, 0.29) is 5.91 Å². The second kappa shape index (κ2) is 8.54. The molecule has 116 valence electrons. The number of rotatable bonds is 7. The first-order valence-electron chi connectivity index (χ1n) is 7.45. The highest BCUT2D eigenvalue weighted by Crippen LogP contribution is 2.16. The minimum absolute atomic E-state index is 0.160. The topological polar surface area (TPSA) is 54.0 Å². The third kappa shape index (κ3) is 5.15. The van der Waals surface area contributed by atoms with Gasteiger partial charge in [-0.3, -0.25) is 9.78 Å². The molecule has 0 saturated carbocycles. The van der Waals surface area contributed by atoms with Crippen molar-refractivity contribution in [2.24, 2.45) is 0 Å². The first-order valence-corrected chi connectivity index (χ1v) is 8.24. The Morgan fingerprint density at radius 1 is 1.14 bits per heavy atom. The van der Waals surface area contributed by atoms with Gasteiger partial charge in [0, 0.05) is 29.1 Å². The molecule has 0 unspecified atom stereocenters. The highest BCUT2D eigenvalue weighted by atomic mass is 79.9. The van der Waals surface area contributed by atoms with E-state index in [2.05, 4.69) is 38.5 Å². The summed E-state index contributed by atoms with van der Waals surface area (Å²) >= 11 is 3.37. The highest BCUT2D eigenvalue weighted by Gasteiger charge is 2.07. The molecular weight excluding hydrogens is 342 g/mol. The highest BCUT2D eigenvalue weighted by molar-refractivity contribution is 9.10. The first kappa shape index (κ1) is 16.5. The molecule has 5 heteroatoms. The Morgan fingerprint density at radius 3 is 2.64 bits per heavy atom. The van der Waals surface area contributed by atoms with Crippen LogP contribution in [0.4, 0.5) is 11.4 Å². The smallest absolute Gasteiger partial charge is 0.257 e. The Hall–Kier alpha value is -1.88. The summed E-state index contributed by atoms with van der Waals surface area (Å²) in [5.74, 6) is -0.160. The van der Waals surface area contributed by atoms with Crippen LogP contribution < -0.4 is 10.6 Å². The number of amides is 1. The summed E-state index contributed by atoms with van der Waals surface area (Å²) in [6, 6.07) is 9.30. The van der Waals surface area contributed by atoms with Gasteiger partial charge < -0.3 is 10.6 Å². The van der Waals surface area contributed by atoms with Gasteiger partial charge in [-0.05, 0) is 36.8 Å². The third-order valence-corrected chi connectivity index (χ3v) is 3.74. The molecule has 1 amide bonds. The van der Waals surface area contributed by atoms with Crippen LogP contribution in [0.2, 0.25) is 0 Å². The SMILES string of the molecule is CCCCCNc1cncc(C(=O)Nc2ccc(Br)cc2)c1. The van der Waals surface area contributed by atoms with Gasteiger partial charge in [-0.15, -0.1) is 0 Å². The van der Waals surface area contributed by atoms with E-state index in [0.717, 1.165) is 28.8 Å². The lowest BCUT2D eigenvalue weighted by atomic mass is 10.2. The second-order valence-electron chi connectivity index (χ2n) is 5.06. The number of hydrogen-bond donors (Lipinski definition) is 2. The zero-order valence-electron chi connectivity index (χ0n) is 12.6. The number of halogens is 1. The van der Waals surface area contributed by atoms with Gasteiger partial charge in [0.05, 0.1) is 11.3 Å². The summed E-state index contributed by atoms with van der Waals surface area (Å²) in [6.07, 6.45) is 6.82. The summed E-state index contributed by atoms with van der Waals surface area (Å²) in [5.41, 5.74) is 2.18. The molecule has 0 radical (unpaired) electrons. The average molecular weight is 362 g/mol. The molecular formula is C17H20BrN3O. The number of unbranched alkanes of at least 4 members (excludes halogenated alkanes) is 2. The lowest BCUT2D eigenvalue weighted by molar-refractivity contribution is 0.102. The molecule has 2 rings (SSSR count). The van der Waals surface area contributed by atoms with E-state index in [1.165, 1.54) is 12.8 Å². The van der Waals surface area contributed by atoms with Crippen LogP contribution in [-0.4, -0.2) is 17.4 Å². The molecule has 1 aromatic carbocycles. The van der Waals surface area contributed by atoms with E-state index in [1.54, 1.807) is 12.4 Å². The van der Waals surface area contributed by atoms with Crippen LogP contribution in [0, 0.1) is 0 Å². The van der Waals surface area contributed by atoms with Crippen LogP contribution in [0.1, 0.15) is 36.5 Å². The van der Waals surface area contributed by atoms with E-state index in [0.29, 0.717) is 5.56 Å². The van der Waals surface area contributed by atoms with Crippen molar-refractivity contribution in [1.29, 1.82) is 0 Å². The van der Waals surface area contributed by atoms with Crippen molar-refractivity contribution in [2.75, 3.05) is 17.2 Å². The summed E-state index contributed by atoms with van der Waals surface area (Å²) in [4.78, 5) is 16.4. The summed E-state index contributed by atoms with van der Waals surface area (Å²) in [6.45, 7) is 3.07. The lowest BCUT2D eigenvalue weighted by Crippen LogP contribution is -2.13. The van der Waals surface area contributed by atoms with Gasteiger partial charge in [0.15, 0.2) is 0 Å². The number of carbonyl (C=O) groups is 1. The van der Waals surface area contributed by atoms with E-state index in [9.17, 15) is 4.79 Å². The van der Waals surface area contributed by atoms with Gasteiger partial charge >= 0.3 is 0 Å². The average Bonchev–Trinajstić information content (AvgIpc) is 2.54. The van der Waals surface area contributed by atoms with Crippen molar-refractivity contribution in [3.63, 3.8) is 0 Å². The van der Waals surface area contributed by atoms with Crippen molar-refractivity contribution < 1.29 is 4.79 Å². The predicted octanol–water partition coefficient (Wildman–Crippen LogP) is 4.70. The Balaban J connectivity index is 1.96. The van der Waals surface area contributed by atoms with Crippen LogP contribution in [0.15, 0.2) is 47.2 Å². The summed E-state index contributed by atoms with van der Waals surface area (Å²) in [7, 11) is 0. The van der Waals surface area contributed by atoms with E-state index < -0.39 is 0 Å². The van der Waals surface area contributed by atoms with Crippen molar-refractivity contribution in [3.05, 3.63) is 52.8 Å². The maximum absolute atomic E-state index is 12.2. The number of hydrogen-bond acceptors (Lipinski definition) is 3. The van der Waals surface area contributed by atoms with Gasteiger partial charge in [-0.2, -0.15) is 0 Å². The van der Waals surface area contributed by atoms with Crippen LogP contribution in [0.3, 0.4) is 0 Å². The number of nitrogens with zero attached hydrogens (tertiary/aromatic N) is 1. The fraction of sp³-hybridized carbons (Fsp3) is 0.294. The van der Waals surface area contributed by atoms with Crippen molar-refractivity contribution in [3.8, 4) is 0 Å². The van der Waals surface area contributed by atoms with Crippen molar-refractivity contribution >= 4 is 33.2 Å². The van der Waals surface area contributed by atoms with Crippen LogP contribution in [0.25, 0.3) is 0 Å². The van der Waals surface area contributed by atoms with Gasteiger partial charge in [-0.25, -0.2) is 0 Å². The molecule has 0 saturated heterocycles. The molecule has 4 nitrogen and oxygen atoms in total. The van der Waals surface area contributed by atoms with Gasteiger partial charge in [0.25, 0.3) is 5.91 Å². The van der Waals surface area contributed by atoms with Gasteiger partial charge in [-0.1, -0.05) is 35.7 Å². The molecule has 0 aliphatic heterocycles. The summed E-state index contributed by atoms with van der Waals surface area (Å²) in [5, 5.41) is 6.16. The first-order chi connectivity index (χ1) is 10.7. The number of benzene rings is 1. The Labute approximate surface area is 139 Å². The van der Waals surface area contributed by atoms with Crippen molar-refractivity contribution in [2.45, 2.75) is 26.2 Å². The Bertz CT molecular complexity index is 614. The van der Waals surface area contributed by atoms with E-state index >= 15 is 0 Å². The maximum atomic E-state index is 12.2. The predicted molar refractivity (Wildman–Crippen MR) is 94.3 cm³/mol. The minimum atomic E-state index is -0.160. The monoisotopic (exact) mass is 361 g/mol. The number of aromatic nitrogens is 1. The molecule has 22 heavy (non-hydrogen) atoms. The molecule has 2 N–H and O–H groups in total. The Kier molecular flexibility index (Phi) is 6.40. The molecule has 0 bridgehead atoms. The van der Waals surface area contributed by atoms with Crippen LogP contribution in [-0.2, 0) is 0 Å². The fourth-order valence-electron chi connectivity index (χ4n) is 2.00. The molecule has 1 aromatic heterocycles. The van der Waals surface area contributed by atoms with E-state index in [4.69, 9.17) is 0 Å². The molecule has 0 spiro atoms. The minimum Gasteiger partial charge on any atom is -0.384 e. The quantitative estimate of drug-likeness (QED) is 0.702. The van der Waals surface area contributed by atoms with Crippen LogP contribution >= 0.6 is 15.9 Å². The van der Waals surface area contributed by atoms with Gasteiger partial charge in [0.2, 0.25) is 0 Å². The molecule has 2 aromatic rings. The zero-order chi connectivity index (χ0) is 15.8. The van der Waals surface area contributed by atoms with E-state index in [1.807, 2.05) is 30.3 Å². The summed E-state index contributed by atoms with van der Waals surface area (Å²) < 4.78 is 0.977.